The summed E-state index contributed by atoms with van der Waals surface area (Å²) < 4.78 is 0. The Balaban J connectivity index is 2.88. The molecule has 0 amide bonds. The zero-order chi connectivity index (χ0) is 9.14. The van der Waals surface area contributed by atoms with E-state index >= 15 is 0 Å². The van der Waals surface area contributed by atoms with E-state index < -0.39 is 11.9 Å². The fourth-order valence-corrected chi connectivity index (χ4v) is 1.72. The van der Waals surface area contributed by atoms with E-state index in [2.05, 4.69) is 4.98 Å². The number of carbonyl (C=O) groups is 1. The summed E-state index contributed by atoms with van der Waals surface area (Å²) in [7, 11) is 0. The summed E-state index contributed by atoms with van der Waals surface area (Å²) in [6, 6.07) is 0. The van der Waals surface area contributed by atoms with Crippen LogP contribution in [-0.2, 0) is 4.79 Å². The molecular weight excluding hydrogens is 174 g/mol. The molecular formula is C8H11NO2S. The Morgan fingerprint density at radius 3 is 2.67 bits per heavy atom. The Morgan fingerprint density at radius 2 is 2.33 bits per heavy atom. The van der Waals surface area contributed by atoms with Gasteiger partial charge in [0.15, 0.2) is 0 Å². The average Bonchev–Trinajstić information content (AvgIpc) is 2.37. The van der Waals surface area contributed by atoms with Crippen LogP contribution in [0.3, 0.4) is 0 Å². The molecule has 1 aromatic heterocycles. The number of carboxylic acid groups (broad SMARTS) is 1. The van der Waals surface area contributed by atoms with Crippen molar-refractivity contribution in [1.29, 1.82) is 0 Å². The Hall–Kier alpha value is -0.900. The topological polar surface area (TPSA) is 50.2 Å². The molecule has 66 valence electrons. The minimum Gasteiger partial charge on any atom is -0.481 e. The van der Waals surface area contributed by atoms with Gasteiger partial charge in [0.25, 0.3) is 0 Å². The van der Waals surface area contributed by atoms with Gasteiger partial charge in [-0.1, -0.05) is 13.8 Å². The molecule has 0 spiro atoms. The number of hydrogen-bond donors (Lipinski definition) is 1. The Kier molecular flexibility index (Phi) is 2.81. The maximum atomic E-state index is 10.8. The number of nitrogens with zero attached hydrogens (tertiary/aromatic N) is 1. The van der Waals surface area contributed by atoms with E-state index in [9.17, 15) is 4.79 Å². The molecule has 1 N–H and O–H groups in total. The van der Waals surface area contributed by atoms with Crippen LogP contribution in [0, 0.1) is 5.92 Å². The van der Waals surface area contributed by atoms with E-state index in [1.807, 2.05) is 13.8 Å². The van der Waals surface area contributed by atoms with Crippen LogP contribution in [0.5, 0.6) is 0 Å². The highest BCUT2D eigenvalue weighted by atomic mass is 32.1. The maximum Gasteiger partial charge on any atom is 0.312 e. The van der Waals surface area contributed by atoms with Crippen LogP contribution >= 0.6 is 11.3 Å². The lowest BCUT2D eigenvalue weighted by Gasteiger charge is -2.12. The third-order valence-corrected chi connectivity index (χ3v) is 2.31. The summed E-state index contributed by atoms with van der Waals surface area (Å²) in [5.41, 5.74) is 2.33. The second-order valence-electron chi connectivity index (χ2n) is 2.97. The summed E-state index contributed by atoms with van der Waals surface area (Å²) in [6.45, 7) is 3.77. The van der Waals surface area contributed by atoms with Crippen molar-refractivity contribution in [1.82, 2.24) is 4.98 Å². The van der Waals surface area contributed by atoms with Gasteiger partial charge < -0.3 is 5.11 Å². The molecule has 4 heteroatoms. The molecule has 1 rings (SSSR count). The van der Waals surface area contributed by atoms with E-state index in [-0.39, 0.29) is 5.92 Å². The maximum absolute atomic E-state index is 10.8. The second kappa shape index (κ2) is 3.67. The first kappa shape index (κ1) is 9.19. The quantitative estimate of drug-likeness (QED) is 0.783. The fraction of sp³-hybridized carbons (Fsp3) is 0.500. The lowest BCUT2D eigenvalue weighted by Crippen LogP contribution is -2.17. The molecule has 1 unspecified atom stereocenters. The van der Waals surface area contributed by atoms with Crippen molar-refractivity contribution in [2.45, 2.75) is 19.8 Å². The van der Waals surface area contributed by atoms with Gasteiger partial charge in [0.05, 0.1) is 11.2 Å². The van der Waals surface area contributed by atoms with Crippen LogP contribution in [0.15, 0.2) is 10.9 Å². The van der Waals surface area contributed by atoms with Crippen molar-refractivity contribution in [3.63, 3.8) is 0 Å². The number of hydrogen-bond acceptors (Lipinski definition) is 3. The highest BCUT2D eigenvalue weighted by Gasteiger charge is 2.24. The second-order valence-corrected chi connectivity index (χ2v) is 3.69. The molecule has 0 aliphatic rings. The molecule has 12 heavy (non-hydrogen) atoms. The molecule has 0 aliphatic carbocycles. The van der Waals surface area contributed by atoms with Crippen LogP contribution in [-0.4, -0.2) is 16.1 Å². The van der Waals surface area contributed by atoms with Crippen LogP contribution in [0.25, 0.3) is 0 Å². The van der Waals surface area contributed by atoms with Gasteiger partial charge in [-0.3, -0.25) is 4.79 Å². The van der Waals surface area contributed by atoms with Crippen molar-refractivity contribution in [3.05, 3.63) is 16.6 Å². The Labute approximate surface area is 75.1 Å². The van der Waals surface area contributed by atoms with Gasteiger partial charge in [-0.15, -0.1) is 11.3 Å². The molecule has 0 aromatic carbocycles. The minimum atomic E-state index is -0.795. The standard InChI is InChI=1S/C8H11NO2S/c1-5(2)7(8(10)11)6-3-12-4-9-6/h3-5,7H,1-2H3,(H,10,11). The SMILES string of the molecule is CC(C)C(C(=O)O)c1cscn1. The highest BCUT2D eigenvalue weighted by Crippen LogP contribution is 2.23. The Morgan fingerprint density at radius 1 is 1.67 bits per heavy atom. The molecule has 0 bridgehead atoms. The average molecular weight is 185 g/mol. The normalized spacial score (nSPS) is 13.2. The zero-order valence-corrected chi connectivity index (χ0v) is 7.84. The first-order valence-corrected chi connectivity index (χ1v) is 4.68. The van der Waals surface area contributed by atoms with Gasteiger partial charge in [-0.25, -0.2) is 4.98 Å². The van der Waals surface area contributed by atoms with Crippen molar-refractivity contribution in [2.24, 2.45) is 5.92 Å². The monoisotopic (exact) mass is 185 g/mol. The lowest BCUT2D eigenvalue weighted by atomic mass is 9.93. The third kappa shape index (κ3) is 1.82. The molecule has 0 aliphatic heterocycles. The number of aliphatic carboxylic acids is 1. The summed E-state index contributed by atoms with van der Waals surface area (Å²) in [5, 5.41) is 10.7. The van der Waals surface area contributed by atoms with Gasteiger partial charge >= 0.3 is 5.97 Å². The van der Waals surface area contributed by atoms with Gasteiger partial charge in [0.2, 0.25) is 0 Å². The van der Waals surface area contributed by atoms with Gasteiger partial charge in [-0.05, 0) is 5.92 Å². The van der Waals surface area contributed by atoms with Gasteiger partial charge in [-0.2, -0.15) is 0 Å². The van der Waals surface area contributed by atoms with E-state index in [0.29, 0.717) is 5.69 Å². The molecule has 0 saturated heterocycles. The van der Waals surface area contributed by atoms with Crippen molar-refractivity contribution in [2.75, 3.05) is 0 Å². The minimum absolute atomic E-state index is 0.0876. The van der Waals surface area contributed by atoms with Crippen molar-refractivity contribution in [3.8, 4) is 0 Å². The predicted molar refractivity (Wildman–Crippen MR) is 47.3 cm³/mol. The van der Waals surface area contributed by atoms with E-state index in [0.717, 1.165) is 0 Å². The van der Waals surface area contributed by atoms with Crippen molar-refractivity contribution >= 4 is 17.3 Å². The summed E-state index contributed by atoms with van der Waals surface area (Å²) in [5.74, 6) is -1.17. The number of carboxylic acids is 1. The van der Waals surface area contributed by atoms with Crippen LogP contribution < -0.4 is 0 Å². The molecule has 1 heterocycles. The van der Waals surface area contributed by atoms with Crippen molar-refractivity contribution < 1.29 is 9.90 Å². The molecule has 1 atom stereocenters. The zero-order valence-electron chi connectivity index (χ0n) is 7.02. The summed E-state index contributed by atoms with van der Waals surface area (Å²) >= 11 is 1.43. The van der Waals surface area contributed by atoms with Gasteiger partial charge in [0.1, 0.15) is 5.92 Å². The number of rotatable bonds is 3. The molecule has 3 nitrogen and oxygen atoms in total. The lowest BCUT2D eigenvalue weighted by molar-refractivity contribution is -0.139. The summed E-state index contributed by atoms with van der Waals surface area (Å²) in [4.78, 5) is 14.8. The molecule has 1 aromatic rings. The van der Waals surface area contributed by atoms with Gasteiger partial charge in [0, 0.05) is 5.38 Å². The molecule has 0 radical (unpaired) electrons. The van der Waals surface area contributed by atoms with E-state index in [1.54, 1.807) is 10.9 Å². The molecule has 0 fully saturated rings. The largest absolute Gasteiger partial charge is 0.481 e. The first-order valence-electron chi connectivity index (χ1n) is 3.74. The van der Waals surface area contributed by atoms with Crippen LogP contribution in [0.1, 0.15) is 25.5 Å². The fourth-order valence-electron chi connectivity index (χ4n) is 1.13. The number of aromatic nitrogens is 1. The van der Waals surface area contributed by atoms with E-state index in [4.69, 9.17) is 5.11 Å². The van der Waals surface area contributed by atoms with Crippen LogP contribution in [0.2, 0.25) is 0 Å². The summed E-state index contributed by atoms with van der Waals surface area (Å²) in [6.07, 6.45) is 0. The highest BCUT2D eigenvalue weighted by molar-refractivity contribution is 7.07. The Bertz CT molecular complexity index is 256. The predicted octanol–water partition coefficient (Wildman–Crippen LogP) is 1.97. The third-order valence-electron chi connectivity index (χ3n) is 1.70. The smallest absolute Gasteiger partial charge is 0.312 e. The number of thiazole rings is 1. The molecule has 0 saturated carbocycles. The van der Waals surface area contributed by atoms with E-state index in [1.165, 1.54) is 11.3 Å². The van der Waals surface area contributed by atoms with Crippen LogP contribution in [0.4, 0.5) is 0 Å². The first-order chi connectivity index (χ1) is 5.63.